The van der Waals surface area contributed by atoms with Gasteiger partial charge in [0.1, 0.15) is 0 Å². The average Bonchev–Trinajstić information content (AvgIpc) is 1.69. The molecular formula is C7H8ClK. The molecule has 0 amide bonds. The summed E-state index contributed by atoms with van der Waals surface area (Å²) in [5, 5.41) is 0. The molecule has 0 radical (unpaired) electrons. The van der Waals surface area contributed by atoms with E-state index >= 15 is 0 Å². The third-order valence-corrected chi connectivity index (χ3v) is 0.940. The molecule has 0 N–H and O–H groups in total. The number of rotatable bonds is 0. The zero-order valence-corrected chi connectivity index (χ0v) is 9.64. The van der Waals surface area contributed by atoms with E-state index in [1.165, 1.54) is 5.56 Å². The average molecular weight is 167 g/mol. The second-order valence-corrected chi connectivity index (χ2v) is 1.65. The van der Waals surface area contributed by atoms with Crippen molar-refractivity contribution in [3.05, 3.63) is 35.9 Å². The van der Waals surface area contributed by atoms with Crippen molar-refractivity contribution >= 4 is 0 Å². The second kappa shape index (κ2) is 7.26. The summed E-state index contributed by atoms with van der Waals surface area (Å²) >= 11 is 0. The molecule has 0 fully saturated rings. The molecule has 0 aliphatic carbocycles. The van der Waals surface area contributed by atoms with Crippen LogP contribution in [0.1, 0.15) is 5.56 Å². The summed E-state index contributed by atoms with van der Waals surface area (Å²) in [6, 6.07) is 10.3. The molecule has 0 unspecified atom stereocenters. The minimum absolute atomic E-state index is 0. The maximum absolute atomic E-state index is 2.08. The topological polar surface area (TPSA) is 0 Å². The molecular weight excluding hydrogens is 159 g/mol. The molecule has 0 aliphatic rings. The second-order valence-electron chi connectivity index (χ2n) is 1.65. The van der Waals surface area contributed by atoms with Gasteiger partial charge in [-0.15, -0.1) is 0 Å². The van der Waals surface area contributed by atoms with Gasteiger partial charge in [0.05, 0.1) is 0 Å². The van der Waals surface area contributed by atoms with Gasteiger partial charge in [0.15, 0.2) is 0 Å². The number of hydrogen-bond acceptors (Lipinski definition) is 0. The summed E-state index contributed by atoms with van der Waals surface area (Å²) in [6.45, 7) is 2.08. The molecule has 0 saturated heterocycles. The van der Waals surface area contributed by atoms with Gasteiger partial charge in [-0.2, -0.15) is 0 Å². The van der Waals surface area contributed by atoms with E-state index in [1.807, 2.05) is 18.2 Å². The summed E-state index contributed by atoms with van der Waals surface area (Å²) in [5.41, 5.74) is 1.32. The van der Waals surface area contributed by atoms with Gasteiger partial charge in [0, 0.05) is 0 Å². The van der Waals surface area contributed by atoms with Crippen LogP contribution in [0.3, 0.4) is 0 Å². The Hall–Kier alpha value is 1.15. The molecule has 1 aromatic rings. The minimum atomic E-state index is 0. The smallest absolute Gasteiger partial charge is 1.00 e. The van der Waals surface area contributed by atoms with Crippen LogP contribution in [0.25, 0.3) is 0 Å². The standard InChI is InChI=1S/C7H8.ClH.K/c1-7-5-3-2-4-6-7;;/h2-6H,1H3;1H;/q;;+1/p-1. The van der Waals surface area contributed by atoms with Crippen molar-refractivity contribution in [1.82, 2.24) is 0 Å². The van der Waals surface area contributed by atoms with Crippen molar-refractivity contribution in [3.8, 4) is 0 Å². The zero-order valence-electron chi connectivity index (χ0n) is 5.76. The third-order valence-electron chi connectivity index (χ3n) is 0.940. The number of aryl methyl sites for hydroxylation is 1. The van der Waals surface area contributed by atoms with Crippen molar-refractivity contribution in [2.24, 2.45) is 0 Å². The Kier molecular flexibility index (Phi) is 10.3. The first-order valence-electron chi connectivity index (χ1n) is 2.41. The molecule has 0 aliphatic heterocycles. The molecule has 2 heteroatoms. The fourth-order valence-corrected chi connectivity index (χ4v) is 0.534. The quantitative estimate of drug-likeness (QED) is 0.345. The van der Waals surface area contributed by atoms with Crippen LogP contribution in [0.5, 0.6) is 0 Å². The largest absolute Gasteiger partial charge is 1.00 e. The van der Waals surface area contributed by atoms with Crippen LogP contribution in [0, 0.1) is 6.92 Å². The number of benzene rings is 1. The molecule has 0 nitrogen and oxygen atoms in total. The Morgan fingerprint density at radius 1 is 1.00 bits per heavy atom. The predicted molar refractivity (Wildman–Crippen MR) is 31.2 cm³/mol. The van der Waals surface area contributed by atoms with Gasteiger partial charge in [-0.25, -0.2) is 0 Å². The number of halogens is 1. The first-order valence-corrected chi connectivity index (χ1v) is 2.41. The van der Waals surface area contributed by atoms with Crippen molar-refractivity contribution < 1.29 is 63.8 Å². The van der Waals surface area contributed by atoms with Crippen molar-refractivity contribution in [3.63, 3.8) is 0 Å². The van der Waals surface area contributed by atoms with Crippen molar-refractivity contribution in [2.45, 2.75) is 6.92 Å². The van der Waals surface area contributed by atoms with Crippen LogP contribution in [-0.2, 0) is 0 Å². The molecule has 0 saturated carbocycles. The van der Waals surface area contributed by atoms with Gasteiger partial charge in [-0.05, 0) is 6.92 Å². The van der Waals surface area contributed by atoms with E-state index in [1.54, 1.807) is 0 Å². The van der Waals surface area contributed by atoms with E-state index in [2.05, 4.69) is 19.1 Å². The predicted octanol–water partition coefficient (Wildman–Crippen LogP) is -4.00. The van der Waals surface area contributed by atoms with Crippen LogP contribution in [0.4, 0.5) is 0 Å². The Labute approximate surface area is 105 Å². The molecule has 1 aromatic carbocycles. The van der Waals surface area contributed by atoms with Gasteiger partial charge in [0.25, 0.3) is 0 Å². The van der Waals surface area contributed by atoms with Crippen LogP contribution in [0.2, 0.25) is 0 Å². The summed E-state index contributed by atoms with van der Waals surface area (Å²) in [6.07, 6.45) is 0. The first kappa shape index (κ1) is 12.8. The summed E-state index contributed by atoms with van der Waals surface area (Å²) in [7, 11) is 0. The van der Waals surface area contributed by atoms with Gasteiger partial charge >= 0.3 is 51.4 Å². The zero-order chi connectivity index (χ0) is 5.11. The fraction of sp³-hybridized carbons (Fsp3) is 0.143. The minimum Gasteiger partial charge on any atom is -1.00 e. The maximum atomic E-state index is 2.08. The van der Waals surface area contributed by atoms with E-state index < -0.39 is 0 Å². The molecule has 0 spiro atoms. The van der Waals surface area contributed by atoms with Gasteiger partial charge < -0.3 is 12.4 Å². The van der Waals surface area contributed by atoms with Crippen LogP contribution in [0.15, 0.2) is 30.3 Å². The van der Waals surface area contributed by atoms with Gasteiger partial charge in [0.2, 0.25) is 0 Å². The third kappa shape index (κ3) is 5.58. The summed E-state index contributed by atoms with van der Waals surface area (Å²) < 4.78 is 0. The first-order chi connectivity index (χ1) is 3.39. The van der Waals surface area contributed by atoms with Crippen LogP contribution >= 0.6 is 0 Å². The summed E-state index contributed by atoms with van der Waals surface area (Å²) in [5.74, 6) is 0. The molecule has 0 atom stereocenters. The summed E-state index contributed by atoms with van der Waals surface area (Å²) in [4.78, 5) is 0. The van der Waals surface area contributed by atoms with Crippen molar-refractivity contribution in [2.75, 3.05) is 0 Å². The molecule has 0 aromatic heterocycles. The molecule has 44 valence electrons. The van der Waals surface area contributed by atoms with E-state index in [0.29, 0.717) is 0 Å². The van der Waals surface area contributed by atoms with Crippen molar-refractivity contribution in [1.29, 1.82) is 0 Å². The Bertz CT molecular complexity index is 139. The molecule has 1 rings (SSSR count). The number of hydrogen-bond donors (Lipinski definition) is 0. The van der Waals surface area contributed by atoms with E-state index in [-0.39, 0.29) is 63.8 Å². The Morgan fingerprint density at radius 2 is 1.44 bits per heavy atom. The van der Waals surface area contributed by atoms with E-state index in [9.17, 15) is 0 Å². The monoisotopic (exact) mass is 166 g/mol. The fourth-order valence-electron chi connectivity index (χ4n) is 0.534. The van der Waals surface area contributed by atoms with E-state index in [4.69, 9.17) is 0 Å². The normalized spacial score (nSPS) is 6.78. The van der Waals surface area contributed by atoms with Gasteiger partial charge in [-0.3, -0.25) is 0 Å². The SMILES string of the molecule is Cc1ccccc1.[Cl-].[K+]. The Balaban J connectivity index is 0. The molecule has 0 bridgehead atoms. The maximum Gasteiger partial charge on any atom is 1.00 e. The van der Waals surface area contributed by atoms with Crippen LogP contribution in [-0.4, -0.2) is 0 Å². The van der Waals surface area contributed by atoms with E-state index in [0.717, 1.165) is 0 Å². The molecule has 9 heavy (non-hydrogen) atoms. The Morgan fingerprint density at radius 3 is 1.67 bits per heavy atom. The molecule has 0 heterocycles. The van der Waals surface area contributed by atoms with Gasteiger partial charge in [-0.1, -0.05) is 35.9 Å². The van der Waals surface area contributed by atoms with Crippen LogP contribution < -0.4 is 63.8 Å².